The van der Waals surface area contributed by atoms with E-state index in [0.717, 1.165) is 33.8 Å². The number of para-hydroxylation sites is 1. The van der Waals surface area contributed by atoms with Gasteiger partial charge in [-0.05, 0) is 35.0 Å². The molecule has 0 bridgehead atoms. The zero-order valence-corrected chi connectivity index (χ0v) is 12.8. The second-order valence-corrected chi connectivity index (χ2v) is 4.91. The predicted molar refractivity (Wildman–Crippen MR) is 79.9 cm³/mol. The second kappa shape index (κ2) is 6.02. The van der Waals surface area contributed by atoms with E-state index in [2.05, 4.69) is 31.2 Å². The molecule has 1 aromatic carbocycles. The highest BCUT2D eigenvalue weighted by molar-refractivity contribution is 9.10. The molecule has 2 rings (SSSR count). The number of nitrogens with zero attached hydrogens (tertiary/aromatic N) is 2. The summed E-state index contributed by atoms with van der Waals surface area (Å²) in [7, 11) is 1.84. The van der Waals surface area contributed by atoms with E-state index in [4.69, 9.17) is 4.74 Å². The van der Waals surface area contributed by atoms with Gasteiger partial charge >= 0.3 is 0 Å². The van der Waals surface area contributed by atoms with E-state index in [1.807, 2.05) is 45.2 Å². The summed E-state index contributed by atoms with van der Waals surface area (Å²) in [6, 6.07) is 7.71. The first-order valence-corrected chi connectivity index (χ1v) is 6.92. The molecular formula is C14H16BrN3O. The molecule has 0 saturated carbocycles. The number of aromatic nitrogens is 2. The van der Waals surface area contributed by atoms with Crippen molar-refractivity contribution < 1.29 is 4.74 Å². The summed E-state index contributed by atoms with van der Waals surface area (Å²) in [6.07, 6.45) is 0.765. The molecule has 19 heavy (non-hydrogen) atoms. The monoisotopic (exact) mass is 321 g/mol. The summed E-state index contributed by atoms with van der Waals surface area (Å²) in [5, 5.41) is 3.07. The van der Waals surface area contributed by atoms with E-state index in [1.54, 1.807) is 0 Å². The van der Waals surface area contributed by atoms with Crippen LogP contribution < -0.4 is 10.1 Å². The van der Waals surface area contributed by atoms with Crippen molar-refractivity contribution in [1.82, 2.24) is 9.97 Å². The maximum atomic E-state index is 5.89. The van der Waals surface area contributed by atoms with Gasteiger partial charge in [-0.3, -0.25) is 0 Å². The number of nitrogens with one attached hydrogen (secondary N) is 1. The van der Waals surface area contributed by atoms with Crippen LogP contribution in [-0.2, 0) is 6.42 Å². The number of benzene rings is 1. The number of hydrogen-bond donors (Lipinski definition) is 1. The van der Waals surface area contributed by atoms with Crippen molar-refractivity contribution >= 4 is 21.7 Å². The molecule has 4 nitrogen and oxygen atoms in total. The molecule has 0 amide bonds. The van der Waals surface area contributed by atoms with Gasteiger partial charge in [0, 0.05) is 13.5 Å². The molecule has 0 spiro atoms. The lowest BCUT2D eigenvalue weighted by Gasteiger charge is -2.13. The van der Waals surface area contributed by atoms with E-state index < -0.39 is 0 Å². The first-order chi connectivity index (χ1) is 9.15. The van der Waals surface area contributed by atoms with Crippen LogP contribution in [0.3, 0.4) is 0 Å². The van der Waals surface area contributed by atoms with E-state index >= 15 is 0 Å². The molecule has 0 aliphatic rings. The standard InChI is InChI=1S/C14H16BrN3O/c1-4-12-17-13(16-3)9(2)14(18-12)19-11-8-6-5-7-10(11)15/h5-8H,4H2,1-3H3,(H,16,17,18). The van der Waals surface area contributed by atoms with Crippen LogP contribution in [0.25, 0.3) is 0 Å². The number of aryl methyl sites for hydroxylation is 1. The number of anilines is 1. The average molecular weight is 322 g/mol. The van der Waals surface area contributed by atoms with Crippen molar-refractivity contribution in [3.8, 4) is 11.6 Å². The molecule has 0 saturated heterocycles. The van der Waals surface area contributed by atoms with Crippen LogP contribution in [0.5, 0.6) is 11.6 Å². The van der Waals surface area contributed by atoms with Gasteiger partial charge < -0.3 is 10.1 Å². The van der Waals surface area contributed by atoms with Gasteiger partial charge in [0.25, 0.3) is 0 Å². The summed E-state index contributed by atoms with van der Waals surface area (Å²) in [5.41, 5.74) is 0.899. The van der Waals surface area contributed by atoms with Crippen molar-refractivity contribution in [3.63, 3.8) is 0 Å². The zero-order valence-electron chi connectivity index (χ0n) is 11.2. The van der Waals surface area contributed by atoms with Gasteiger partial charge in [0.2, 0.25) is 5.88 Å². The van der Waals surface area contributed by atoms with Gasteiger partial charge in [0.05, 0.1) is 10.0 Å². The minimum atomic E-state index is 0.586. The Hall–Kier alpha value is -1.62. The maximum Gasteiger partial charge on any atom is 0.227 e. The molecule has 0 unspecified atom stereocenters. The molecule has 0 atom stereocenters. The summed E-state index contributed by atoms with van der Waals surface area (Å²) >= 11 is 3.47. The highest BCUT2D eigenvalue weighted by Crippen LogP contribution is 2.31. The van der Waals surface area contributed by atoms with Crippen LogP contribution in [0.4, 0.5) is 5.82 Å². The maximum absolute atomic E-state index is 5.89. The van der Waals surface area contributed by atoms with Crippen LogP contribution in [0.1, 0.15) is 18.3 Å². The molecule has 100 valence electrons. The van der Waals surface area contributed by atoms with E-state index in [9.17, 15) is 0 Å². The van der Waals surface area contributed by atoms with Gasteiger partial charge in [0.1, 0.15) is 17.4 Å². The Kier molecular flexibility index (Phi) is 4.37. The smallest absolute Gasteiger partial charge is 0.227 e. The largest absolute Gasteiger partial charge is 0.437 e. The molecule has 5 heteroatoms. The van der Waals surface area contributed by atoms with E-state index in [0.29, 0.717) is 5.88 Å². The third-order valence-electron chi connectivity index (χ3n) is 2.74. The molecule has 2 aromatic rings. The quantitative estimate of drug-likeness (QED) is 0.926. The Morgan fingerprint density at radius 3 is 2.63 bits per heavy atom. The fourth-order valence-electron chi connectivity index (χ4n) is 1.67. The van der Waals surface area contributed by atoms with Gasteiger partial charge in [-0.25, -0.2) is 4.98 Å². The van der Waals surface area contributed by atoms with E-state index in [-0.39, 0.29) is 0 Å². The number of halogens is 1. The van der Waals surface area contributed by atoms with Gasteiger partial charge in [0.15, 0.2) is 0 Å². The van der Waals surface area contributed by atoms with Gasteiger partial charge in [-0.15, -0.1) is 0 Å². The van der Waals surface area contributed by atoms with Crippen molar-refractivity contribution in [2.24, 2.45) is 0 Å². The molecular weight excluding hydrogens is 306 g/mol. The minimum Gasteiger partial charge on any atom is -0.437 e. The van der Waals surface area contributed by atoms with Crippen molar-refractivity contribution in [1.29, 1.82) is 0 Å². The highest BCUT2D eigenvalue weighted by atomic mass is 79.9. The molecule has 0 radical (unpaired) electrons. The SMILES string of the molecule is CCc1nc(NC)c(C)c(Oc2ccccc2Br)n1. The Morgan fingerprint density at radius 1 is 1.26 bits per heavy atom. The predicted octanol–water partition coefficient (Wildman–Crippen LogP) is 3.94. The van der Waals surface area contributed by atoms with Crippen LogP contribution >= 0.6 is 15.9 Å². The van der Waals surface area contributed by atoms with Crippen molar-refractivity contribution in [2.75, 3.05) is 12.4 Å². The molecule has 1 N–H and O–H groups in total. The van der Waals surface area contributed by atoms with Crippen LogP contribution in [0, 0.1) is 6.92 Å². The Morgan fingerprint density at radius 2 is 2.00 bits per heavy atom. The topological polar surface area (TPSA) is 47.0 Å². The van der Waals surface area contributed by atoms with Crippen molar-refractivity contribution in [3.05, 3.63) is 40.1 Å². The molecule has 0 aliphatic carbocycles. The van der Waals surface area contributed by atoms with Crippen LogP contribution in [0.15, 0.2) is 28.7 Å². The molecule has 1 aromatic heterocycles. The lowest BCUT2D eigenvalue weighted by atomic mass is 10.3. The minimum absolute atomic E-state index is 0.586. The fraction of sp³-hybridized carbons (Fsp3) is 0.286. The van der Waals surface area contributed by atoms with Gasteiger partial charge in [-0.1, -0.05) is 19.1 Å². The summed E-state index contributed by atoms with van der Waals surface area (Å²) in [4.78, 5) is 8.86. The van der Waals surface area contributed by atoms with Crippen molar-refractivity contribution in [2.45, 2.75) is 20.3 Å². The zero-order chi connectivity index (χ0) is 13.8. The molecule has 0 fully saturated rings. The second-order valence-electron chi connectivity index (χ2n) is 4.05. The normalized spacial score (nSPS) is 10.3. The third kappa shape index (κ3) is 3.04. The third-order valence-corrected chi connectivity index (χ3v) is 3.40. The Bertz CT molecular complexity index is 587. The Labute approximate surface area is 121 Å². The Balaban J connectivity index is 2.42. The summed E-state index contributed by atoms with van der Waals surface area (Å²) in [5.74, 6) is 2.89. The first-order valence-electron chi connectivity index (χ1n) is 6.13. The molecule has 1 heterocycles. The summed E-state index contributed by atoms with van der Waals surface area (Å²) < 4.78 is 6.79. The lowest BCUT2D eigenvalue weighted by molar-refractivity contribution is 0.452. The van der Waals surface area contributed by atoms with Crippen LogP contribution in [-0.4, -0.2) is 17.0 Å². The fourth-order valence-corrected chi connectivity index (χ4v) is 2.04. The highest BCUT2D eigenvalue weighted by Gasteiger charge is 2.12. The van der Waals surface area contributed by atoms with E-state index in [1.165, 1.54) is 0 Å². The van der Waals surface area contributed by atoms with Gasteiger partial charge in [-0.2, -0.15) is 4.98 Å². The number of ether oxygens (including phenoxy) is 1. The lowest BCUT2D eigenvalue weighted by Crippen LogP contribution is -2.04. The van der Waals surface area contributed by atoms with Crippen LogP contribution in [0.2, 0.25) is 0 Å². The first kappa shape index (κ1) is 13.8. The average Bonchev–Trinajstić information content (AvgIpc) is 2.43. The number of hydrogen-bond acceptors (Lipinski definition) is 4. The summed E-state index contributed by atoms with van der Waals surface area (Å²) in [6.45, 7) is 3.96. The number of rotatable bonds is 4. The molecule has 0 aliphatic heterocycles.